The zero-order valence-corrected chi connectivity index (χ0v) is 12.7. The molecule has 0 radical (unpaired) electrons. The Balaban J connectivity index is 2.21. The fraction of sp³-hybridized carbons (Fsp3) is 0.538. The van der Waals surface area contributed by atoms with Gasteiger partial charge in [0.2, 0.25) is 10.0 Å². The van der Waals surface area contributed by atoms with E-state index < -0.39 is 10.0 Å². The molecule has 2 unspecified atom stereocenters. The number of piperidine rings is 1. The smallest absolute Gasteiger partial charge is 0.238 e. The zero-order chi connectivity index (χ0) is 14.9. The van der Waals surface area contributed by atoms with Gasteiger partial charge in [0, 0.05) is 12.6 Å². The first-order chi connectivity index (χ1) is 9.27. The van der Waals surface area contributed by atoms with Gasteiger partial charge >= 0.3 is 0 Å². The lowest BCUT2D eigenvalue weighted by molar-refractivity contribution is 0.206. The van der Waals surface area contributed by atoms with Gasteiger partial charge < -0.3 is 16.0 Å². The summed E-state index contributed by atoms with van der Waals surface area (Å²) in [5, 5.41) is 8.51. The number of hydrogen-bond donors (Lipinski definition) is 3. The molecule has 1 heterocycles. The van der Waals surface area contributed by atoms with Gasteiger partial charge in [0.05, 0.1) is 16.3 Å². The third-order valence-corrected chi connectivity index (χ3v) is 4.71. The van der Waals surface area contributed by atoms with Crippen LogP contribution in [0.1, 0.15) is 13.3 Å². The van der Waals surface area contributed by atoms with Gasteiger partial charge in [0.1, 0.15) is 0 Å². The molecule has 1 aliphatic heterocycles. The van der Waals surface area contributed by atoms with E-state index in [0.29, 0.717) is 17.3 Å². The van der Waals surface area contributed by atoms with Gasteiger partial charge in [-0.25, -0.2) is 13.6 Å². The van der Waals surface area contributed by atoms with Crippen molar-refractivity contribution in [3.05, 3.63) is 18.2 Å². The van der Waals surface area contributed by atoms with Crippen LogP contribution in [0.2, 0.25) is 0 Å². The lowest BCUT2D eigenvalue weighted by atomic mass is 9.94. The van der Waals surface area contributed by atoms with E-state index in [0.717, 1.165) is 19.5 Å². The fourth-order valence-electron chi connectivity index (χ4n) is 2.61. The number of likely N-dealkylation sites (tertiary alicyclic amines) is 1. The summed E-state index contributed by atoms with van der Waals surface area (Å²) in [5.41, 5.74) is 7.08. The molecular weight excluding hydrogens is 276 g/mol. The second kappa shape index (κ2) is 5.59. The van der Waals surface area contributed by atoms with Crippen molar-refractivity contribution in [3.8, 4) is 0 Å². The summed E-state index contributed by atoms with van der Waals surface area (Å²) in [6.07, 6.45) is 0.997. The summed E-state index contributed by atoms with van der Waals surface area (Å²) in [7, 11) is -1.61. The lowest BCUT2D eigenvalue weighted by Crippen LogP contribution is -2.43. The monoisotopic (exact) mass is 298 g/mol. The lowest BCUT2D eigenvalue weighted by Gasteiger charge is -2.36. The van der Waals surface area contributed by atoms with E-state index >= 15 is 0 Å². The summed E-state index contributed by atoms with van der Waals surface area (Å²) in [6.45, 7) is 4.19. The molecule has 1 saturated heterocycles. The Bertz CT molecular complexity index is 588. The predicted molar refractivity (Wildman–Crippen MR) is 80.9 cm³/mol. The van der Waals surface area contributed by atoms with Crippen LogP contribution in [0.5, 0.6) is 0 Å². The zero-order valence-electron chi connectivity index (χ0n) is 11.8. The Morgan fingerprint density at radius 2 is 2.10 bits per heavy atom. The summed E-state index contributed by atoms with van der Waals surface area (Å²) in [4.78, 5) is 2.36. The molecule has 7 heteroatoms. The molecule has 0 spiro atoms. The molecule has 1 aliphatic rings. The van der Waals surface area contributed by atoms with Gasteiger partial charge in [0.15, 0.2) is 0 Å². The number of anilines is 2. The molecule has 1 aromatic rings. The third-order valence-electron chi connectivity index (χ3n) is 3.80. The normalized spacial score (nSPS) is 24.6. The molecule has 20 heavy (non-hydrogen) atoms. The summed E-state index contributed by atoms with van der Waals surface area (Å²) in [6, 6.07) is 4.79. The first kappa shape index (κ1) is 15.1. The largest absolute Gasteiger partial charge is 0.397 e. The average Bonchev–Trinajstić information content (AvgIpc) is 2.33. The molecule has 0 aliphatic carbocycles. The van der Waals surface area contributed by atoms with Gasteiger partial charge in [-0.2, -0.15) is 0 Å². The van der Waals surface area contributed by atoms with E-state index in [1.54, 1.807) is 6.07 Å². The van der Waals surface area contributed by atoms with E-state index in [4.69, 9.17) is 10.9 Å². The van der Waals surface area contributed by atoms with Crippen LogP contribution in [-0.2, 0) is 10.0 Å². The van der Waals surface area contributed by atoms with E-state index in [1.807, 2.05) is 0 Å². The predicted octanol–water partition coefficient (Wildman–Crippen LogP) is 0.668. The van der Waals surface area contributed by atoms with Crippen LogP contribution >= 0.6 is 0 Å². The van der Waals surface area contributed by atoms with E-state index in [1.165, 1.54) is 12.1 Å². The number of primary sulfonamides is 1. The van der Waals surface area contributed by atoms with E-state index in [2.05, 4.69) is 24.2 Å². The van der Waals surface area contributed by atoms with Crippen LogP contribution in [0.15, 0.2) is 23.1 Å². The van der Waals surface area contributed by atoms with Gasteiger partial charge in [-0.05, 0) is 44.1 Å². The van der Waals surface area contributed by atoms with Crippen molar-refractivity contribution >= 4 is 21.4 Å². The van der Waals surface area contributed by atoms with Gasteiger partial charge in [-0.1, -0.05) is 6.92 Å². The number of nitrogens with zero attached hydrogens (tertiary/aromatic N) is 1. The third kappa shape index (κ3) is 3.41. The second-order valence-corrected chi connectivity index (χ2v) is 7.13. The molecule has 1 aromatic carbocycles. The number of nitrogens with two attached hydrogens (primary N) is 2. The van der Waals surface area contributed by atoms with Crippen molar-refractivity contribution < 1.29 is 8.42 Å². The molecule has 0 saturated carbocycles. The quantitative estimate of drug-likeness (QED) is 0.712. The molecular formula is C13H22N4O2S. The minimum Gasteiger partial charge on any atom is -0.397 e. The van der Waals surface area contributed by atoms with Crippen molar-refractivity contribution in [2.75, 3.05) is 31.2 Å². The summed E-state index contributed by atoms with van der Waals surface area (Å²) >= 11 is 0. The molecule has 0 amide bonds. The summed E-state index contributed by atoms with van der Waals surface area (Å²) in [5.74, 6) is 0.464. The van der Waals surface area contributed by atoms with Crippen molar-refractivity contribution in [3.63, 3.8) is 0 Å². The highest BCUT2D eigenvalue weighted by molar-refractivity contribution is 7.89. The standard InChI is InChI=1S/C13H22N4O2S/c1-9-8-17(2)6-5-12(9)16-13-7-10(20(15,18)19)3-4-11(13)14/h3-4,7,9,12,16H,5-6,8,14H2,1-2H3,(H2,15,18,19). The number of nitrogens with one attached hydrogen (secondary N) is 1. The molecule has 0 bridgehead atoms. The Morgan fingerprint density at radius 3 is 2.70 bits per heavy atom. The molecule has 6 nitrogen and oxygen atoms in total. The Hall–Kier alpha value is -1.31. The highest BCUT2D eigenvalue weighted by atomic mass is 32.2. The minimum absolute atomic E-state index is 0.0785. The maximum Gasteiger partial charge on any atom is 0.238 e. The minimum atomic E-state index is -3.71. The maximum atomic E-state index is 11.4. The van der Waals surface area contributed by atoms with E-state index in [9.17, 15) is 8.42 Å². The van der Waals surface area contributed by atoms with Crippen LogP contribution in [-0.4, -0.2) is 39.5 Å². The summed E-state index contributed by atoms with van der Waals surface area (Å²) < 4.78 is 22.8. The van der Waals surface area contributed by atoms with Crippen LogP contribution in [0.4, 0.5) is 11.4 Å². The number of nitrogen functional groups attached to an aromatic ring is 1. The fourth-order valence-corrected chi connectivity index (χ4v) is 3.15. The first-order valence-electron chi connectivity index (χ1n) is 6.65. The number of hydrogen-bond acceptors (Lipinski definition) is 5. The van der Waals surface area contributed by atoms with Crippen molar-refractivity contribution in [2.24, 2.45) is 11.1 Å². The van der Waals surface area contributed by atoms with E-state index in [-0.39, 0.29) is 10.9 Å². The number of benzene rings is 1. The SMILES string of the molecule is CC1CN(C)CCC1Nc1cc(S(N)(=O)=O)ccc1N. The highest BCUT2D eigenvalue weighted by Gasteiger charge is 2.24. The van der Waals surface area contributed by atoms with Crippen LogP contribution < -0.4 is 16.2 Å². The molecule has 0 aromatic heterocycles. The molecule has 2 atom stereocenters. The second-order valence-electron chi connectivity index (χ2n) is 5.57. The van der Waals surface area contributed by atoms with Crippen LogP contribution in [0.3, 0.4) is 0 Å². The Morgan fingerprint density at radius 1 is 1.40 bits per heavy atom. The molecule has 5 N–H and O–H groups in total. The van der Waals surface area contributed by atoms with Crippen molar-refractivity contribution in [1.82, 2.24) is 4.90 Å². The van der Waals surface area contributed by atoms with Crippen LogP contribution in [0, 0.1) is 5.92 Å². The van der Waals surface area contributed by atoms with Crippen molar-refractivity contribution in [2.45, 2.75) is 24.3 Å². The number of sulfonamides is 1. The topological polar surface area (TPSA) is 101 Å². The Kier molecular flexibility index (Phi) is 4.22. The molecule has 1 fully saturated rings. The first-order valence-corrected chi connectivity index (χ1v) is 8.19. The highest BCUT2D eigenvalue weighted by Crippen LogP contribution is 2.26. The number of rotatable bonds is 3. The van der Waals surface area contributed by atoms with Gasteiger partial charge in [-0.15, -0.1) is 0 Å². The maximum absolute atomic E-state index is 11.4. The average molecular weight is 298 g/mol. The van der Waals surface area contributed by atoms with Crippen LogP contribution in [0.25, 0.3) is 0 Å². The molecule has 2 rings (SSSR count). The van der Waals surface area contributed by atoms with Gasteiger partial charge in [-0.3, -0.25) is 0 Å². The van der Waals surface area contributed by atoms with Crippen molar-refractivity contribution in [1.29, 1.82) is 0 Å². The van der Waals surface area contributed by atoms with Gasteiger partial charge in [0.25, 0.3) is 0 Å². The Labute approximate surface area is 120 Å². The molecule has 112 valence electrons.